The van der Waals surface area contributed by atoms with Gasteiger partial charge in [-0.05, 0) is 13.0 Å². The van der Waals surface area contributed by atoms with Crippen molar-refractivity contribution < 1.29 is 19.1 Å². The lowest BCUT2D eigenvalue weighted by atomic mass is 9.56. The van der Waals surface area contributed by atoms with E-state index in [4.69, 9.17) is 9.15 Å². The third-order valence-electron chi connectivity index (χ3n) is 4.22. The highest BCUT2D eigenvalue weighted by Gasteiger charge is 2.59. The van der Waals surface area contributed by atoms with E-state index in [0.29, 0.717) is 18.6 Å². The van der Waals surface area contributed by atoms with Crippen LogP contribution in [0, 0.1) is 5.41 Å². The van der Waals surface area contributed by atoms with Crippen LogP contribution in [0.15, 0.2) is 23.0 Å². The molecule has 5 nitrogen and oxygen atoms in total. The summed E-state index contributed by atoms with van der Waals surface area (Å²) >= 11 is 0. The first kappa shape index (κ1) is 14.1. The third-order valence-corrected chi connectivity index (χ3v) is 4.22. The van der Waals surface area contributed by atoms with Crippen LogP contribution in [-0.4, -0.2) is 35.9 Å². The van der Waals surface area contributed by atoms with Crippen molar-refractivity contribution in [2.45, 2.75) is 38.9 Å². The SMILES string of the molecule is CCO[C@H]1C[C@](O)(CNC(=O)c2ccoc2)C1(C)C. The average Bonchev–Trinajstić information content (AvgIpc) is 2.89. The number of hydrogen-bond donors (Lipinski definition) is 2. The van der Waals surface area contributed by atoms with E-state index in [2.05, 4.69) is 5.32 Å². The van der Waals surface area contributed by atoms with Crippen molar-refractivity contribution in [3.8, 4) is 0 Å². The number of nitrogens with one attached hydrogen (secondary N) is 1. The van der Waals surface area contributed by atoms with Gasteiger partial charge < -0.3 is 19.6 Å². The Hall–Kier alpha value is -1.33. The first-order chi connectivity index (χ1) is 8.90. The van der Waals surface area contributed by atoms with E-state index in [9.17, 15) is 9.90 Å². The molecule has 1 amide bonds. The van der Waals surface area contributed by atoms with E-state index in [0.717, 1.165) is 0 Å². The number of amides is 1. The summed E-state index contributed by atoms with van der Waals surface area (Å²) in [4.78, 5) is 11.8. The van der Waals surface area contributed by atoms with Crippen LogP contribution >= 0.6 is 0 Å². The van der Waals surface area contributed by atoms with E-state index < -0.39 is 5.60 Å². The molecule has 0 bridgehead atoms. The van der Waals surface area contributed by atoms with Crippen LogP contribution in [-0.2, 0) is 4.74 Å². The van der Waals surface area contributed by atoms with Gasteiger partial charge in [-0.2, -0.15) is 0 Å². The summed E-state index contributed by atoms with van der Waals surface area (Å²) in [5, 5.41) is 13.3. The highest BCUT2D eigenvalue weighted by atomic mass is 16.5. The Morgan fingerprint density at radius 1 is 1.63 bits per heavy atom. The molecule has 1 aromatic heterocycles. The Labute approximate surface area is 112 Å². The standard InChI is InChI=1S/C14H21NO4/c1-4-19-11-7-14(17,13(11,2)3)9-15-12(16)10-5-6-18-8-10/h5-6,8,11,17H,4,7,9H2,1-3H3,(H,15,16)/t11-,14-/m0/s1. The second kappa shape index (κ2) is 4.98. The predicted molar refractivity (Wildman–Crippen MR) is 69.8 cm³/mol. The maximum atomic E-state index is 11.8. The number of rotatable bonds is 5. The number of furan rings is 1. The van der Waals surface area contributed by atoms with Gasteiger partial charge in [0, 0.05) is 25.0 Å². The topological polar surface area (TPSA) is 71.7 Å². The zero-order valence-electron chi connectivity index (χ0n) is 11.6. The molecule has 5 heteroatoms. The van der Waals surface area contributed by atoms with Gasteiger partial charge in [-0.25, -0.2) is 0 Å². The molecular formula is C14H21NO4. The van der Waals surface area contributed by atoms with Gasteiger partial charge >= 0.3 is 0 Å². The van der Waals surface area contributed by atoms with Crippen LogP contribution in [0.3, 0.4) is 0 Å². The van der Waals surface area contributed by atoms with Gasteiger partial charge in [0.05, 0.1) is 23.5 Å². The molecule has 0 aliphatic heterocycles. The molecule has 0 saturated heterocycles. The summed E-state index contributed by atoms with van der Waals surface area (Å²) in [6.07, 6.45) is 3.41. The van der Waals surface area contributed by atoms with Gasteiger partial charge in [0.2, 0.25) is 0 Å². The maximum absolute atomic E-state index is 11.8. The zero-order valence-corrected chi connectivity index (χ0v) is 11.6. The molecule has 0 aromatic carbocycles. The first-order valence-corrected chi connectivity index (χ1v) is 6.55. The largest absolute Gasteiger partial charge is 0.472 e. The minimum absolute atomic E-state index is 0.0355. The molecule has 2 N–H and O–H groups in total. The summed E-state index contributed by atoms with van der Waals surface area (Å²) in [6, 6.07) is 1.59. The normalized spacial score (nSPS) is 28.7. The Morgan fingerprint density at radius 3 is 2.89 bits per heavy atom. The van der Waals surface area contributed by atoms with Gasteiger partial charge in [0.1, 0.15) is 6.26 Å². The Morgan fingerprint density at radius 2 is 2.37 bits per heavy atom. The fourth-order valence-corrected chi connectivity index (χ4v) is 2.48. The van der Waals surface area contributed by atoms with Gasteiger partial charge in [-0.15, -0.1) is 0 Å². The van der Waals surface area contributed by atoms with Gasteiger partial charge in [-0.1, -0.05) is 13.8 Å². The molecule has 1 saturated carbocycles. The zero-order chi connectivity index (χ0) is 14.1. The van der Waals surface area contributed by atoms with Crippen LogP contribution < -0.4 is 5.32 Å². The number of carbonyl (C=O) groups is 1. The van der Waals surface area contributed by atoms with E-state index >= 15 is 0 Å². The van der Waals surface area contributed by atoms with Crippen molar-refractivity contribution in [3.05, 3.63) is 24.2 Å². The molecule has 1 aromatic rings. The number of ether oxygens (including phenoxy) is 1. The number of hydrogen-bond acceptors (Lipinski definition) is 4. The lowest BCUT2D eigenvalue weighted by Crippen LogP contribution is -2.68. The van der Waals surface area contributed by atoms with Crippen LogP contribution in [0.25, 0.3) is 0 Å². The van der Waals surface area contributed by atoms with Gasteiger partial charge in [0.15, 0.2) is 0 Å². The lowest BCUT2D eigenvalue weighted by molar-refractivity contribution is -0.237. The van der Waals surface area contributed by atoms with Crippen LogP contribution in [0.4, 0.5) is 0 Å². The minimum Gasteiger partial charge on any atom is -0.472 e. The summed E-state index contributed by atoms with van der Waals surface area (Å²) in [7, 11) is 0. The van der Waals surface area contributed by atoms with Crippen molar-refractivity contribution in [2.24, 2.45) is 5.41 Å². The van der Waals surface area contributed by atoms with Crippen molar-refractivity contribution in [1.29, 1.82) is 0 Å². The Balaban J connectivity index is 1.91. The van der Waals surface area contributed by atoms with Crippen LogP contribution in [0.2, 0.25) is 0 Å². The minimum atomic E-state index is -0.924. The van der Waals surface area contributed by atoms with Crippen LogP contribution in [0.5, 0.6) is 0 Å². The van der Waals surface area contributed by atoms with Crippen molar-refractivity contribution in [2.75, 3.05) is 13.2 Å². The molecule has 1 heterocycles. The first-order valence-electron chi connectivity index (χ1n) is 6.55. The van der Waals surface area contributed by atoms with Gasteiger partial charge in [-0.3, -0.25) is 4.79 Å². The summed E-state index contributed by atoms with van der Waals surface area (Å²) < 4.78 is 10.4. The molecule has 106 valence electrons. The van der Waals surface area contributed by atoms with E-state index in [1.807, 2.05) is 20.8 Å². The molecule has 2 atom stereocenters. The fourth-order valence-electron chi connectivity index (χ4n) is 2.48. The van der Waals surface area contributed by atoms with Crippen LogP contribution in [0.1, 0.15) is 37.6 Å². The quantitative estimate of drug-likeness (QED) is 0.849. The predicted octanol–water partition coefficient (Wildman–Crippen LogP) is 1.58. The molecule has 0 spiro atoms. The lowest BCUT2D eigenvalue weighted by Gasteiger charge is -2.57. The summed E-state index contributed by atoms with van der Waals surface area (Å²) in [5.74, 6) is -0.238. The monoisotopic (exact) mass is 267 g/mol. The molecule has 2 rings (SSSR count). The van der Waals surface area contributed by atoms with Crippen molar-refractivity contribution >= 4 is 5.91 Å². The molecular weight excluding hydrogens is 246 g/mol. The van der Waals surface area contributed by atoms with E-state index in [1.165, 1.54) is 12.5 Å². The Bertz CT molecular complexity index is 440. The van der Waals surface area contributed by atoms with Gasteiger partial charge in [0.25, 0.3) is 5.91 Å². The van der Waals surface area contributed by atoms with E-state index in [-0.39, 0.29) is 24.0 Å². The van der Waals surface area contributed by atoms with E-state index in [1.54, 1.807) is 6.07 Å². The smallest absolute Gasteiger partial charge is 0.254 e. The molecule has 1 aliphatic carbocycles. The fraction of sp³-hybridized carbons (Fsp3) is 0.643. The molecule has 1 aliphatic rings. The highest BCUT2D eigenvalue weighted by Crippen LogP contribution is 2.50. The molecule has 0 radical (unpaired) electrons. The number of carbonyl (C=O) groups excluding carboxylic acids is 1. The second-order valence-corrected chi connectivity index (χ2v) is 5.60. The molecule has 0 unspecified atom stereocenters. The average molecular weight is 267 g/mol. The Kier molecular flexibility index (Phi) is 3.69. The van der Waals surface area contributed by atoms with Crippen molar-refractivity contribution in [1.82, 2.24) is 5.32 Å². The highest BCUT2D eigenvalue weighted by molar-refractivity contribution is 5.93. The van der Waals surface area contributed by atoms with Crippen molar-refractivity contribution in [3.63, 3.8) is 0 Å². The third kappa shape index (κ3) is 2.40. The summed E-state index contributed by atoms with van der Waals surface area (Å²) in [6.45, 7) is 6.70. The second-order valence-electron chi connectivity index (χ2n) is 5.60. The number of aliphatic hydroxyl groups is 1. The molecule has 19 heavy (non-hydrogen) atoms. The summed E-state index contributed by atoms with van der Waals surface area (Å²) in [5.41, 5.74) is -0.832. The molecule has 1 fully saturated rings. The maximum Gasteiger partial charge on any atom is 0.254 e.